The standard InChI is InChI=1S/C15H21N5S/c1-21-10-6-5-9-17-13-11-14(20-16)19-15(18-13)12-7-3-2-4-8-12/h2-4,7-8,11H,5-6,9-10,16H2,1H3,(H2,17,18,19,20). The Hall–Kier alpha value is -1.79. The Bertz CT molecular complexity index is 547. The lowest BCUT2D eigenvalue weighted by atomic mass is 10.2. The average Bonchev–Trinajstić information content (AvgIpc) is 2.55. The van der Waals surface area contributed by atoms with Crippen molar-refractivity contribution < 1.29 is 0 Å². The summed E-state index contributed by atoms with van der Waals surface area (Å²) in [6.45, 7) is 0.899. The number of nitrogens with two attached hydrogens (primary N) is 1. The summed E-state index contributed by atoms with van der Waals surface area (Å²) in [6.07, 6.45) is 4.45. The fraction of sp³-hybridized carbons (Fsp3) is 0.333. The number of hydrogen-bond donors (Lipinski definition) is 3. The predicted octanol–water partition coefficient (Wildman–Crippen LogP) is 2.98. The highest BCUT2D eigenvalue weighted by molar-refractivity contribution is 7.98. The lowest BCUT2D eigenvalue weighted by Gasteiger charge is -2.09. The molecule has 0 bridgehead atoms. The van der Waals surface area contributed by atoms with Crippen LogP contribution in [0.15, 0.2) is 36.4 Å². The monoisotopic (exact) mass is 303 g/mol. The second-order valence-electron chi connectivity index (χ2n) is 4.60. The van der Waals surface area contributed by atoms with E-state index in [2.05, 4.69) is 27.0 Å². The molecular weight excluding hydrogens is 282 g/mol. The Labute approximate surface area is 129 Å². The number of unbranched alkanes of at least 4 members (excludes halogenated alkanes) is 1. The Kier molecular flexibility index (Phi) is 6.30. The molecule has 0 amide bonds. The van der Waals surface area contributed by atoms with Gasteiger partial charge in [0.15, 0.2) is 5.82 Å². The van der Waals surface area contributed by atoms with E-state index in [-0.39, 0.29) is 0 Å². The molecule has 0 fully saturated rings. The highest BCUT2D eigenvalue weighted by atomic mass is 32.2. The molecule has 0 atom stereocenters. The molecule has 0 saturated carbocycles. The highest BCUT2D eigenvalue weighted by Crippen LogP contribution is 2.19. The Morgan fingerprint density at radius 1 is 1.10 bits per heavy atom. The van der Waals surface area contributed by atoms with Gasteiger partial charge in [0.1, 0.15) is 11.6 Å². The van der Waals surface area contributed by atoms with Crippen molar-refractivity contribution in [3.8, 4) is 11.4 Å². The molecule has 1 aromatic heterocycles. The van der Waals surface area contributed by atoms with Gasteiger partial charge in [-0.05, 0) is 24.9 Å². The molecule has 1 heterocycles. The fourth-order valence-corrected chi connectivity index (χ4v) is 2.41. The summed E-state index contributed by atoms with van der Waals surface area (Å²) in [5, 5.41) is 3.33. The second-order valence-corrected chi connectivity index (χ2v) is 5.58. The van der Waals surface area contributed by atoms with Crippen LogP contribution in [-0.4, -0.2) is 28.5 Å². The summed E-state index contributed by atoms with van der Waals surface area (Å²) in [4.78, 5) is 8.94. The van der Waals surface area contributed by atoms with Crippen molar-refractivity contribution in [2.75, 3.05) is 29.3 Å². The largest absolute Gasteiger partial charge is 0.370 e. The molecule has 0 aliphatic carbocycles. The van der Waals surface area contributed by atoms with E-state index in [0.29, 0.717) is 11.6 Å². The van der Waals surface area contributed by atoms with Crippen LogP contribution < -0.4 is 16.6 Å². The number of nitrogens with zero attached hydrogens (tertiary/aromatic N) is 2. The number of nitrogens with one attached hydrogen (secondary N) is 2. The first-order chi connectivity index (χ1) is 10.3. The molecule has 0 radical (unpaired) electrons. The molecule has 0 aliphatic rings. The highest BCUT2D eigenvalue weighted by Gasteiger charge is 2.05. The van der Waals surface area contributed by atoms with Gasteiger partial charge in [-0.3, -0.25) is 0 Å². The van der Waals surface area contributed by atoms with E-state index in [1.165, 1.54) is 12.2 Å². The van der Waals surface area contributed by atoms with Crippen molar-refractivity contribution >= 4 is 23.4 Å². The van der Waals surface area contributed by atoms with E-state index in [9.17, 15) is 0 Å². The van der Waals surface area contributed by atoms with E-state index in [0.717, 1.165) is 24.3 Å². The van der Waals surface area contributed by atoms with Crippen LogP contribution in [0.25, 0.3) is 11.4 Å². The third kappa shape index (κ3) is 4.91. The smallest absolute Gasteiger partial charge is 0.163 e. The maximum Gasteiger partial charge on any atom is 0.163 e. The summed E-state index contributed by atoms with van der Waals surface area (Å²) in [5.74, 6) is 8.74. The molecular formula is C15H21N5S. The number of rotatable bonds is 8. The van der Waals surface area contributed by atoms with Crippen molar-refractivity contribution in [2.45, 2.75) is 12.8 Å². The Balaban J connectivity index is 2.07. The maximum absolute atomic E-state index is 5.49. The molecule has 5 nitrogen and oxygen atoms in total. The zero-order valence-electron chi connectivity index (χ0n) is 12.2. The van der Waals surface area contributed by atoms with Crippen molar-refractivity contribution in [3.63, 3.8) is 0 Å². The molecule has 2 rings (SSSR count). The van der Waals surface area contributed by atoms with Gasteiger partial charge in [-0.2, -0.15) is 11.8 Å². The lowest BCUT2D eigenvalue weighted by Crippen LogP contribution is -2.11. The van der Waals surface area contributed by atoms with Gasteiger partial charge in [-0.25, -0.2) is 15.8 Å². The van der Waals surface area contributed by atoms with Gasteiger partial charge in [0.2, 0.25) is 0 Å². The third-order valence-corrected chi connectivity index (χ3v) is 3.68. The topological polar surface area (TPSA) is 75.9 Å². The van der Waals surface area contributed by atoms with Crippen LogP contribution in [0.1, 0.15) is 12.8 Å². The quantitative estimate of drug-likeness (QED) is 0.395. The van der Waals surface area contributed by atoms with Gasteiger partial charge in [0.25, 0.3) is 0 Å². The maximum atomic E-state index is 5.49. The number of nitrogen functional groups attached to an aromatic ring is 1. The molecule has 0 aliphatic heterocycles. The summed E-state index contributed by atoms with van der Waals surface area (Å²) >= 11 is 1.87. The van der Waals surface area contributed by atoms with Crippen molar-refractivity contribution in [1.82, 2.24) is 9.97 Å². The second kappa shape index (κ2) is 8.49. The molecule has 4 N–H and O–H groups in total. The molecule has 6 heteroatoms. The summed E-state index contributed by atoms with van der Waals surface area (Å²) in [5.41, 5.74) is 3.57. The lowest BCUT2D eigenvalue weighted by molar-refractivity contribution is 0.839. The first kappa shape index (κ1) is 15.6. The van der Waals surface area contributed by atoms with Crippen LogP contribution in [0.3, 0.4) is 0 Å². The van der Waals surface area contributed by atoms with Crippen molar-refractivity contribution in [1.29, 1.82) is 0 Å². The van der Waals surface area contributed by atoms with Crippen molar-refractivity contribution in [2.24, 2.45) is 5.84 Å². The minimum absolute atomic E-state index is 0.607. The van der Waals surface area contributed by atoms with E-state index in [1.54, 1.807) is 0 Å². The molecule has 0 unspecified atom stereocenters. The van der Waals surface area contributed by atoms with Gasteiger partial charge in [0, 0.05) is 18.2 Å². The van der Waals surface area contributed by atoms with Crippen LogP contribution in [0.4, 0.5) is 11.6 Å². The van der Waals surface area contributed by atoms with Gasteiger partial charge >= 0.3 is 0 Å². The zero-order chi connectivity index (χ0) is 14.9. The van der Waals surface area contributed by atoms with Crippen LogP contribution in [-0.2, 0) is 0 Å². The normalized spacial score (nSPS) is 10.4. The minimum atomic E-state index is 0.607. The van der Waals surface area contributed by atoms with E-state index < -0.39 is 0 Å². The van der Waals surface area contributed by atoms with E-state index in [1.807, 2.05) is 48.2 Å². The average molecular weight is 303 g/mol. The number of hydrazine groups is 1. The SMILES string of the molecule is CSCCCCNc1cc(NN)nc(-c2ccccc2)n1. The van der Waals surface area contributed by atoms with Gasteiger partial charge in [-0.1, -0.05) is 30.3 Å². The van der Waals surface area contributed by atoms with Crippen LogP contribution in [0, 0.1) is 0 Å². The fourth-order valence-electron chi connectivity index (χ4n) is 1.92. The van der Waals surface area contributed by atoms with Crippen molar-refractivity contribution in [3.05, 3.63) is 36.4 Å². The van der Waals surface area contributed by atoms with Gasteiger partial charge < -0.3 is 10.7 Å². The number of anilines is 2. The number of hydrogen-bond acceptors (Lipinski definition) is 6. The summed E-state index contributed by atoms with van der Waals surface area (Å²) in [7, 11) is 0. The minimum Gasteiger partial charge on any atom is -0.370 e. The summed E-state index contributed by atoms with van der Waals surface area (Å²) in [6, 6.07) is 11.7. The van der Waals surface area contributed by atoms with Crippen LogP contribution in [0.5, 0.6) is 0 Å². The zero-order valence-corrected chi connectivity index (χ0v) is 13.0. The molecule has 0 saturated heterocycles. The number of thioether (sulfide) groups is 1. The Morgan fingerprint density at radius 3 is 2.57 bits per heavy atom. The molecule has 112 valence electrons. The van der Waals surface area contributed by atoms with Crippen LogP contribution in [0.2, 0.25) is 0 Å². The predicted molar refractivity (Wildman–Crippen MR) is 91.4 cm³/mol. The van der Waals surface area contributed by atoms with Gasteiger partial charge in [-0.15, -0.1) is 0 Å². The van der Waals surface area contributed by atoms with Gasteiger partial charge in [0.05, 0.1) is 0 Å². The molecule has 1 aromatic carbocycles. The van der Waals surface area contributed by atoms with E-state index >= 15 is 0 Å². The molecule has 21 heavy (non-hydrogen) atoms. The molecule has 0 spiro atoms. The Morgan fingerprint density at radius 2 is 1.86 bits per heavy atom. The van der Waals surface area contributed by atoms with Crippen LogP contribution >= 0.6 is 11.8 Å². The third-order valence-electron chi connectivity index (χ3n) is 2.99. The first-order valence-electron chi connectivity index (χ1n) is 6.97. The number of benzene rings is 1. The summed E-state index contributed by atoms with van der Waals surface area (Å²) < 4.78 is 0. The van der Waals surface area contributed by atoms with E-state index in [4.69, 9.17) is 5.84 Å². The first-order valence-corrected chi connectivity index (χ1v) is 8.37. The number of aromatic nitrogens is 2. The molecule has 2 aromatic rings.